The molecule has 78 valence electrons. The van der Waals surface area contributed by atoms with Gasteiger partial charge in [0.15, 0.2) is 0 Å². The number of pyridine rings is 1. The highest BCUT2D eigenvalue weighted by Crippen LogP contribution is 2.48. The third kappa shape index (κ3) is 2.18. The lowest BCUT2D eigenvalue weighted by molar-refractivity contribution is 0.230. The van der Waals surface area contributed by atoms with Crippen molar-refractivity contribution in [2.45, 2.75) is 19.3 Å². The number of nitrogen functional groups attached to an aromatic ring is 1. The Labute approximate surface area is 88.7 Å². The first-order chi connectivity index (χ1) is 7.26. The molecular weight excluding hydrogens is 190 g/mol. The predicted octanol–water partition coefficient (Wildman–Crippen LogP) is 1.74. The van der Waals surface area contributed by atoms with Gasteiger partial charge in [0.05, 0.1) is 18.4 Å². The van der Waals surface area contributed by atoms with Crippen molar-refractivity contribution in [1.29, 1.82) is 5.26 Å². The summed E-state index contributed by atoms with van der Waals surface area (Å²) in [7, 11) is 0. The van der Waals surface area contributed by atoms with Crippen LogP contribution >= 0.6 is 0 Å². The molecule has 0 atom stereocenters. The van der Waals surface area contributed by atoms with Crippen LogP contribution in [0.5, 0.6) is 5.88 Å². The van der Waals surface area contributed by atoms with Gasteiger partial charge in [0.25, 0.3) is 0 Å². The van der Waals surface area contributed by atoms with Gasteiger partial charge in [-0.1, -0.05) is 0 Å². The highest BCUT2D eigenvalue weighted by atomic mass is 16.5. The Morgan fingerprint density at radius 3 is 3.00 bits per heavy atom. The number of ether oxygens (including phenoxy) is 1. The number of hydrogen-bond donors (Lipinski definition) is 1. The molecule has 1 aliphatic rings. The number of nitrogens with two attached hydrogens (primary N) is 1. The summed E-state index contributed by atoms with van der Waals surface area (Å²) in [5.74, 6) is 0.474. The van der Waals surface area contributed by atoms with Crippen LogP contribution < -0.4 is 10.5 Å². The molecule has 4 nitrogen and oxygen atoms in total. The molecule has 1 saturated carbocycles. The lowest BCUT2D eigenvalue weighted by Crippen LogP contribution is -2.13. The Kier molecular flexibility index (Phi) is 2.46. The summed E-state index contributed by atoms with van der Waals surface area (Å²) in [6.07, 6.45) is 4.33. The molecule has 0 saturated heterocycles. The van der Waals surface area contributed by atoms with Gasteiger partial charge < -0.3 is 10.5 Å². The van der Waals surface area contributed by atoms with Crippen LogP contribution in [0, 0.1) is 16.7 Å². The molecular formula is C11H13N3O. The molecule has 1 fully saturated rings. The van der Waals surface area contributed by atoms with E-state index < -0.39 is 0 Å². The Morgan fingerprint density at radius 2 is 2.40 bits per heavy atom. The second kappa shape index (κ2) is 3.77. The summed E-state index contributed by atoms with van der Waals surface area (Å²) < 4.78 is 5.53. The van der Waals surface area contributed by atoms with Crippen LogP contribution in [-0.2, 0) is 0 Å². The second-order valence-corrected chi connectivity index (χ2v) is 4.02. The minimum absolute atomic E-state index is 0.0682. The van der Waals surface area contributed by atoms with Crippen LogP contribution in [-0.4, -0.2) is 11.6 Å². The fraction of sp³-hybridized carbons (Fsp3) is 0.455. The highest BCUT2D eigenvalue weighted by Gasteiger charge is 2.43. The SMILES string of the molecule is N#CCC1(COc2ncccc2N)CC1. The van der Waals surface area contributed by atoms with Gasteiger partial charge in [-0.2, -0.15) is 5.26 Å². The summed E-state index contributed by atoms with van der Waals surface area (Å²) in [6, 6.07) is 5.71. The first-order valence-electron chi connectivity index (χ1n) is 4.96. The molecule has 0 radical (unpaired) electrons. The van der Waals surface area contributed by atoms with Crippen molar-refractivity contribution >= 4 is 5.69 Å². The van der Waals surface area contributed by atoms with Gasteiger partial charge in [0.1, 0.15) is 0 Å². The minimum atomic E-state index is 0.0682. The van der Waals surface area contributed by atoms with Gasteiger partial charge in [0, 0.05) is 18.0 Å². The molecule has 1 heterocycles. The molecule has 15 heavy (non-hydrogen) atoms. The standard InChI is InChI=1S/C11H13N3O/c12-6-5-11(3-4-11)8-15-10-9(13)2-1-7-14-10/h1-2,7H,3-5,8,13H2. The molecule has 0 amide bonds. The van der Waals surface area contributed by atoms with E-state index in [-0.39, 0.29) is 5.41 Å². The van der Waals surface area contributed by atoms with E-state index in [1.54, 1.807) is 18.3 Å². The average molecular weight is 203 g/mol. The molecule has 0 spiro atoms. The molecule has 0 aliphatic heterocycles. The van der Waals surface area contributed by atoms with E-state index in [2.05, 4.69) is 11.1 Å². The van der Waals surface area contributed by atoms with Crippen molar-refractivity contribution in [3.63, 3.8) is 0 Å². The van der Waals surface area contributed by atoms with Gasteiger partial charge in [-0.05, 0) is 25.0 Å². The van der Waals surface area contributed by atoms with Crippen LogP contribution in [0.1, 0.15) is 19.3 Å². The first kappa shape index (κ1) is 9.78. The predicted molar refractivity (Wildman–Crippen MR) is 56.0 cm³/mol. The lowest BCUT2D eigenvalue weighted by Gasteiger charge is -2.12. The van der Waals surface area contributed by atoms with Gasteiger partial charge in [0.2, 0.25) is 5.88 Å². The van der Waals surface area contributed by atoms with Crippen molar-refractivity contribution in [2.75, 3.05) is 12.3 Å². The van der Waals surface area contributed by atoms with Crippen molar-refractivity contribution in [3.8, 4) is 11.9 Å². The largest absolute Gasteiger partial charge is 0.476 e. The van der Waals surface area contributed by atoms with E-state index in [4.69, 9.17) is 15.7 Å². The summed E-state index contributed by atoms with van der Waals surface area (Å²) in [6.45, 7) is 0.543. The Morgan fingerprint density at radius 1 is 1.60 bits per heavy atom. The molecule has 0 bridgehead atoms. The molecule has 1 aliphatic carbocycles. The maximum atomic E-state index is 8.65. The summed E-state index contributed by atoms with van der Waals surface area (Å²) >= 11 is 0. The third-order valence-electron chi connectivity index (χ3n) is 2.73. The number of nitriles is 1. The van der Waals surface area contributed by atoms with Crippen LogP contribution in [0.2, 0.25) is 0 Å². The smallest absolute Gasteiger partial charge is 0.237 e. The minimum Gasteiger partial charge on any atom is -0.476 e. The number of aromatic nitrogens is 1. The molecule has 2 rings (SSSR count). The van der Waals surface area contributed by atoms with Gasteiger partial charge in [-0.3, -0.25) is 0 Å². The lowest BCUT2D eigenvalue weighted by atomic mass is 10.1. The van der Waals surface area contributed by atoms with Crippen molar-refractivity contribution in [3.05, 3.63) is 18.3 Å². The maximum absolute atomic E-state index is 8.65. The van der Waals surface area contributed by atoms with Gasteiger partial charge in [-0.25, -0.2) is 4.98 Å². The fourth-order valence-corrected chi connectivity index (χ4v) is 1.46. The van der Waals surface area contributed by atoms with Crippen molar-refractivity contribution < 1.29 is 4.74 Å². The molecule has 0 aromatic carbocycles. The Bertz CT molecular complexity index is 393. The van der Waals surface area contributed by atoms with E-state index in [1.807, 2.05) is 0 Å². The molecule has 1 aromatic heterocycles. The highest BCUT2D eigenvalue weighted by molar-refractivity contribution is 5.46. The monoisotopic (exact) mass is 203 g/mol. The number of rotatable bonds is 4. The van der Waals surface area contributed by atoms with Crippen LogP contribution in [0.15, 0.2) is 18.3 Å². The third-order valence-corrected chi connectivity index (χ3v) is 2.73. The van der Waals surface area contributed by atoms with Crippen LogP contribution in [0.4, 0.5) is 5.69 Å². The normalized spacial score (nSPS) is 16.7. The molecule has 2 N–H and O–H groups in total. The average Bonchev–Trinajstić information content (AvgIpc) is 2.98. The molecule has 0 unspecified atom stereocenters. The number of nitrogens with zero attached hydrogens (tertiary/aromatic N) is 2. The zero-order valence-electron chi connectivity index (χ0n) is 8.44. The molecule has 4 heteroatoms. The Hall–Kier alpha value is -1.76. The topological polar surface area (TPSA) is 71.9 Å². The summed E-state index contributed by atoms with van der Waals surface area (Å²) in [5.41, 5.74) is 6.31. The summed E-state index contributed by atoms with van der Waals surface area (Å²) in [4.78, 5) is 4.04. The fourth-order valence-electron chi connectivity index (χ4n) is 1.46. The zero-order valence-corrected chi connectivity index (χ0v) is 8.44. The Balaban J connectivity index is 1.94. The maximum Gasteiger partial charge on any atom is 0.237 e. The van der Waals surface area contributed by atoms with E-state index in [0.29, 0.717) is 24.6 Å². The van der Waals surface area contributed by atoms with Gasteiger partial charge in [-0.15, -0.1) is 0 Å². The van der Waals surface area contributed by atoms with E-state index in [0.717, 1.165) is 12.8 Å². The van der Waals surface area contributed by atoms with E-state index in [1.165, 1.54) is 0 Å². The van der Waals surface area contributed by atoms with E-state index >= 15 is 0 Å². The quantitative estimate of drug-likeness (QED) is 0.808. The zero-order chi connectivity index (χ0) is 10.7. The summed E-state index contributed by atoms with van der Waals surface area (Å²) in [5, 5.41) is 8.65. The van der Waals surface area contributed by atoms with E-state index in [9.17, 15) is 0 Å². The van der Waals surface area contributed by atoms with Crippen LogP contribution in [0.25, 0.3) is 0 Å². The molecule has 1 aromatic rings. The van der Waals surface area contributed by atoms with Crippen LogP contribution in [0.3, 0.4) is 0 Å². The van der Waals surface area contributed by atoms with Gasteiger partial charge >= 0.3 is 0 Å². The number of anilines is 1. The van der Waals surface area contributed by atoms with Crippen molar-refractivity contribution in [2.24, 2.45) is 5.41 Å². The number of hydrogen-bond acceptors (Lipinski definition) is 4. The van der Waals surface area contributed by atoms with Crippen molar-refractivity contribution in [1.82, 2.24) is 4.98 Å². The first-order valence-corrected chi connectivity index (χ1v) is 4.96. The second-order valence-electron chi connectivity index (χ2n) is 4.02.